The molecule has 2 fully saturated rings. The van der Waals surface area contributed by atoms with Crippen LogP contribution in [0.5, 0.6) is 0 Å². The van der Waals surface area contributed by atoms with Gasteiger partial charge in [-0.2, -0.15) is 0 Å². The van der Waals surface area contributed by atoms with Gasteiger partial charge in [-0.25, -0.2) is 8.78 Å². The maximum absolute atomic E-state index is 13.7. The molecule has 0 aromatic heterocycles. The molecule has 0 atom stereocenters. The molecule has 4 nitrogen and oxygen atoms in total. The van der Waals surface area contributed by atoms with Gasteiger partial charge in [0.25, 0.3) is 5.91 Å². The first-order valence-electron chi connectivity index (χ1n) is 7.51. The first kappa shape index (κ1) is 15.4. The van der Waals surface area contributed by atoms with Crippen LogP contribution in [0.15, 0.2) is 18.2 Å². The van der Waals surface area contributed by atoms with Crippen LogP contribution in [0, 0.1) is 17.6 Å². The summed E-state index contributed by atoms with van der Waals surface area (Å²) in [5.41, 5.74) is -0.975. The summed E-state index contributed by atoms with van der Waals surface area (Å²) in [5.74, 6) is -0.890. The van der Waals surface area contributed by atoms with Gasteiger partial charge in [-0.3, -0.25) is 4.79 Å². The van der Waals surface area contributed by atoms with Crippen molar-refractivity contribution in [3.63, 3.8) is 0 Å². The van der Waals surface area contributed by atoms with Crippen molar-refractivity contribution in [2.24, 2.45) is 5.92 Å². The third kappa shape index (κ3) is 2.98. The summed E-state index contributed by atoms with van der Waals surface area (Å²) in [6, 6.07) is 3.50. The summed E-state index contributed by atoms with van der Waals surface area (Å²) in [6.45, 7) is 1.17. The zero-order valence-electron chi connectivity index (χ0n) is 12.2. The van der Waals surface area contributed by atoms with Crippen molar-refractivity contribution in [1.29, 1.82) is 0 Å². The SMILES string of the molecule is O=C(N1CCC(Cc2cc(F)ccc2F)CC1)C1(O)COC1. The van der Waals surface area contributed by atoms with Crippen LogP contribution >= 0.6 is 0 Å². The summed E-state index contributed by atoms with van der Waals surface area (Å²) >= 11 is 0. The Morgan fingerprint density at radius 1 is 1.32 bits per heavy atom. The van der Waals surface area contributed by atoms with E-state index in [1.165, 1.54) is 6.07 Å². The number of benzene rings is 1. The molecule has 0 aliphatic carbocycles. The molecule has 22 heavy (non-hydrogen) atoms. The average Bonchev–Trinajstić information content (AvgIpc) is 2.48. The van der Waals surface area contributed by atoms with E-state index in [1.807, 2.05) is 0 Å². The molecule has 0 spiro atoms. The minimum absolute atomic E-state index is 0.0558. The molecule has 1 aromatic carbocycles. The van der Waals surface area contributed by atoms with Gasteiger partial charge in [0.2, 0.25) is 0 Å². The molecular weight excluding hydrogens is 292 g/mol. The van der Waals surface area contributed by atoms with E-state index in [0.717, 1.165) is 25.0 Å². The number of hydrogen-bond donors (Lipinski definition) is 1. The van der Waals surface area contributed by atoms with Crippen molar-refractivity contribution in [1.82, 2.24) is 4.90 Å². The summed E-state index contributed by atoms with van der Waals surface area (Å²) in [4.78, 5) is 13.8. The number of halogens is 2. The Bertz CT molecular complexity index is 567. The van der Waals surface area contributed by atoms with Gasteiger partial charge in [0.15, 0.2) is 5.60 Å². The largest absolute Gasteiger partial charge is 0.376 e. The number of ether oxygens (including phenoxy) is 1. The summed E-state index contributed by atoms with van der Waals surface area (Å²) in [7, 11) is 0. The van der Waals surface area contributed by atoms with Gasteiger partial charge in [0.05, 0.1) is 13.2 Å². The Labute approximate surface area is 127 Å². The molecule has 2 heterocycles. The lowest BCUT2D eigenvalue weighted by molar-refractivity contribution is -0.201. The maximum Gasteiger partial charge on any atom is 0.259 e. The van der Waals surface area contributed by atoms with Gasteiger partial charge in [-0.05, 0) is 48.9 Å². The highest BCUT2D eigenvalue weighted by atomic mass is 19.1. The third-order valence-electron chi connectivity index (χ3n) is 4.50. The molecule has 0 saturated carbocycles. The van der Waals surface area contributed by atoms with Gasteiger partial charge in [-0.15, -0.1) is 0 Å². The first-order chi connectivity index (χ1) is 10.5. The van der Waals surface area contributed by atoms with Crippen molar-refractivity contribution < 1.29 is 23.4 Å². The third-order valence-corrected chi connectivity index (χ3v) is 4.50. The second-order valence-corrected chi connectivity index (χ2v) is 6.20. The van der Waals surface area contributed by atoms with Crippen LogP contribution in [0.4, 0.5) is 8.78 Å². The van der Waals surface area contributed by atoms with Gasteiger partial charge >= 0.3 is 0 Å². The van der Waals surface area contributed by atoms with Crippen LogP contribution in [-0.2, 0) is 16.0 Å². The van der Waals surface area contributed by atoms with Crippen LogP contribution in [-0.4, -0.2) is 47.8 Å². The molecule has 1 aromatic rings. The Morgan fingerprint density at radius 2 is 2.00 bits per heavy atom. The number of carbonyl (C=O) groups is 1. The first-order valence-corrected chi connectivity index (χ1v) is 7.51. The van der Waals surface area contributed by atoms with E-state index in [9.17, 15) is 18.7 Å². The number of hydrogen-bond acceptors (Lipinski definition) is 3. The van der Waals surface area contributed by atoms with Crippen LogP contribution in [0.1, 0.15) is 18.4 Å². The lowest BCUT2D eigenvalue weighted by Crippen LogP contribution is -2.62. The lowest BCUT2D eigenvalue weighted by Gasteiger charge is -2.41. The van der Waals surface area contributed by atoms with Crippen molar-refractivity contribution in [2.45, 2.75) is 24.9 Å². The van der Waals surface area contributed by atoms with Crippen molar-refractivity contribution in [2.75, 3.05) is 26.3 Å². The van der Waals surface area contributed by atoms with E-state index in [2.05, 4.69) is 0 Å². The highest BCUT2D eigenvalue weighted by molar-refractivity contribution is 5.86. The zero-order chi connectivity index (χ0) is 15.7. The minimum atomic E-state index is -1.36. The normalized spacial score (nSPS) is 21.5. The van der Waals surface area contributed by atoms with Crippen molar-refractivity contribution in [3.05, 3.63) is 35.4 Å². The van der Waals surface area contributed by atoms with E-state index >= 15 is 0 Å². The molecule has 3 rings (SSSR count). The smallest absolute Gasteiger partial charge is 0.259 e. The van der Waals surface area contributed by atoms with Crippen molar-refractivity contribution in [3.8, 4) is 0 Å². The van der Waals surface area contributed by atoms with Gasteiger partial charge in [0, 0.05) is 13.1 Å². The number of amides is 1. The molecule has 1 N–H and O–H groups in total. The van der Waals surface area contributed by atoms with E-state index in [4.69, 9.17) is 4.74 Å². The fourth-order valence-corrected chi connectivity index (χ4v) is 3.06. The number of nitrogens with zero attached hydrogens (tertiary/aromatic N) is 1. The van der Waals surface area contributed by atoms with Crippen LogP contribution in [0.2, 0.25) is 0 Å². The molecule has 1 amide bonds. The Kier molecular flexibility index (Phi) is 4.14. The summed E-state index contributed by atoms with van der Waals surface area (Å²) in [5, 5.41) is 9.99. The van der Waals surface area contributed by atoms with Gasteiger partial charge in [-0.1, -0.05) is 0 Å². The Hall–Kier alpha value is -1.53. The quantitative estimate of drug-likeness (QED) is 0.920. The van der Waals surface area contributed by atoms with Gasteiger partial charge < -0.3 is 14.7 Å². The molecule has 2 aliphatic rings. The molecule has 0 bridgehead atoms. The standard InChI is InChI=1S/C16H19F2NO3/c17-13-1-2-14(18)12(8-13)7-11-3-5-19(6-4-11)15(20)16(21)9-22-10-16/h1-2,8,11,21H,3-7,9-10H2. The monoisotopic (exact) mass is 311 g/mol. The van der Waals surface area contributed by atoms with E-state index < -0.39 is 11.4 Å². The van der Waals surface area contributed by atoms with Crippen LogP contribution in [0.3, 0.4) is 0 Å². The molecule has 2 saturated heterocycles. The highest BCUT2D eigenvalue weighted by Gasteiger charge is 2.46. The molecule has 0 unspecified atom stereocenters. The summed E-state index contributed by atoms with van der Waals surface area (Å²) in [6.07, 6.45) is 1.91. The predicted octanol–water partition coefficient (Wildman–Crippen LogP) is 1.51. The number of piperidine rings is 1. The maximum atomic E-state index is 13.7. The molecular formula is C16H19F2NO3. The number of aliphatic hydroxyl groups is 1. The topological polar surface area (TPSA) is 49.8 Å². The summed E-state index contributed by atoms with van der Waals surface area (Å²) < 4.78 is 31.7. The molecule has 6 heteroatoms. The minimum Gasteiger partial charge on any atom is -0.376 e. The van der Waals surface area contributed by atoms with E-state index in [-0.39, 0.29) is 30.9 Å². The molecule has 0 radical (unpaired) electrons. The highest BCUT2D eigenvalue weighted by Crippen LogP contribution is 2.27. The fraction of sp³-hybridized carbons (Fsp3) is 0.562. The number of likely N-dealkylation sites (tertiary alicyclic amines) is 1. The predicted molar refractivity (Wildman–Crippen MR) is 75.1 cm³/mol. The number of carbonyl (C=O) groups excluding carboxylic acids is 1. The average molecular weight is 311 g/mol. The second-order valence-electron chi connectivity index (χ2n) is 6.20. The zero-order valence-corrected chi connectivity index (χ0v) is 12.2. The van der Waals surface area contributed by atoms with E-state index in [0.29, 0.717) is 25.1 Å². The second kappa shape index (κ2) is 5.93. The lowest BCUT2D eigenvalue weighted by atomic mass is 9.89. The van der Waals surface area contributed by atoms with Crippen LogP contribution in [0.25, 0.3) is 0 Å². The Morgan fingerprint density at radius 3 is 2.59 bits per heavy atom. The van der Waals surface area contributed by atoms with E-state index in [1.54, 1.807) is 4.90 Å². The Balaban J connectivity index is 1.55. The van der Waals surface area contributed by atoms with Crippen LogP contribution < -0.4 is 0 Å². The van der Waals surface area contributed by atoms with Gasteiger partial charge in [0.1, 0.15) is 11.6 Å². The molecule has 2 aliphatic heterocycles. The fourth-order valence-electron chi connectivity index (χ4n) is 3.06. The van der Waals surface area contributed by atoms with Crippen molar-refractivity contribution >= 4 is 5.91 Å². The molecule has 120 valence electrons. The number of rotatable bonds is 3.